The average molecular weight is 288 g/mol. The van der Waals surface area contributed by atoms with Crippen LogP contribution in [0.3, 0.4) is 0 Å². The molecule has 1 N–H and O–H groups in total. The molecule has 0 unspecified atom stereocenters. The molecule has 0 fully saturated rings. The summed E-state index contributed by atoms with van der Waals surface area (Å²) in [5, 5.41) is 11.9. The van der Waals surface area contributed by atoms with E-state index >= 15 is 0 Å². The van der Waals surface area contributed by atoms with Crippen LogP contribution in [0, 0.1) is 6.92 Å². The van der Waals surface area contributed by atoms with Crippen LogP contribution in [-0.4, -0.2) is 5.11 Å². The summed E-state index contributed by atoms with van der Waals surface area (Å²) in [6.45, 7) is 4.61. The van der Waals surface area contributed by atoms with E-state index in [4.69, 9.17) is 4.42 Å². The summed E-state index contributed by atoms with van der Waals surface area (Å²) in [6.07, 6.45) is 0. The Morgan fingerprint density at radius 1 is 1.40 bits per heavy atom. The van der Waals surface area contributed by atoms with E-state index in [-0.39, 0.29) is 11.2 Å². The molecule has 2 aromatic heterocycles. The lowest BCUT2D eigenvalue weighted by molar-refractivity contribution is -0.678. The third-order valence-electron chi connectivity index (χ3n) is 3.33. The highest BCUT2D eigenvalue weighted by molar-refractivity contribution is 7.07. The molecule has 0 saturated carbocycles. The van der Waals surface area contributed by atoms with Crippen molar-refractivity contribution in [3.05, 3.63) is 45.1 Å². The quantitative estimate of drug-likeness (QED) is 0.738. The van der Waals surface area contributed by atoms with E-state index in [0.717, 1.165) is 12.2 Å². The highest BCUT2D eigenvalue weighted by Gasteiger charge is 2.22. The zero-order valence-electron chi connectivity index (χ0n) is 11.2. The number of phenolic OH excluding ortho intramolecular Hbond substituents is 1. The first-order valence-electron chi connectivity index (χ1n) is 6.34. The van der Waals surface area contributed by atoms with Crippen molar-refractivity contribution in [1.82, 2.24) is 0 Å². The minimum absolute atomic E-state index is 0.0654. The van der Waals surface area contributed by atoms with Crippen molar-refractivity contribution < 1.29 is 14.1 Å². The molecule has 3 rings (SSSR count). The number of phenols is 1. The minimum Gasteiger partial charge on any atom is -0.508 e. The summed E-state index contributed by atoms with van der Waals surface area (Å²) >= 11 is 1.55. The number of rotatable bonds is 2. The van der Waals surface area contributed by atoms with Gasteiger partial charge >= 0.3 is 0 Å². The van der Waals surface area contributed by atoms with Gasteiger partial charge < -0.3 is 9.52 Å². The normalized spacial score (nSPS) is 11.1. The summed E-state index contributed by atoms with van der Waals surface area (Å²) in [5.41, 5.74) is 3.79. The Kier molecular flexibility index (Phi) is 3.06. The second-order valence-electron chi connectivity index (χ2n) is 4.57. The van der Waals surface area contributed by atoms with Gasteiger partial charge in [-0.3, -0.25) is 4.79 Å². The number of aromatic nitrogens is 1. The molecule has 0 atom stereocenters. The van der Waals surface area contributed by atoms with Crippen LogP contribution in [0.2, 0.25) is 0 Å². The van der Waals surface area contributed by atoms with Crippen LogP contribution in [-0.2, 0) is 6.54 Å². The molecule has 20 heavy (non-hydrogen) atoms. The van der Waals surface area contributed by atoms with E-state index in [1.807, 2.05) is 22.4 Å². The fraction of sp³-hybridized carbons (Fsp3) is 0.200. The number of aromatic hydroxyl groups is 1. The molecule has 1 aromatic carbocycles. The summed E-state index contributed by atoms with van der Waals surface area (Å²) in [6, 6.07) is 4.57. The van der Waals surface area contributed by atoms with Crippen LogP contribution in [0.5, 0.6) is 5.75 Å². The van der Waals surface area contributed by atoms with Crippen LogP contribution in [0.1, 0.15) is 12.7 Å². The van der Waals surface area contributed by atoms with Crippen LogP contribution in [0.25, 0.3) is 22.2 Å². The van der Waals surface area contributed by atoms with Gasteiger partial charge in [0.25, 0.3) is 0 Å². The zero-order chi connectivity index (χ0) is 14.3. The average Bonchev–Trinajstić information content (AvgIpc) is 2.86. The van der Waals surface area contributed by atoms with E-state index < -0.39 is 0 Å². The van der Waals surface area contributed by atoms with Crippen molar-refractivity contribution in [3.63, 3.8) is 0 Å². The van der Waals surface area contributed by atoms with Gasteiger partial charge in [-0.25, -0.2) is 0 Å². The standard InChI is InChI=1S/C15H13NO3S/c1-3-16-8-20-7-12(16)14-9(2)19-13-6-10(17)4-5-11(13)15(14)18/h4-8H,3H2,1-2H3/p+1. The molecule has 0 radical (unpaired) electrons. The number of thiazole rings is 1. The molecular weight excluding hydrogens is 274 g/mol. The molecule has 3 aromatic rings. The predicted octanol–water partition coefficient (Wildman–Crippen LogP) is 2.84. The van der Waals surface area contributed by atoms with Gasteiger partial charge in [0, 0.05) is 6.07 Å². The van der Waals surface area contributed by atoms with Crippen molar-refractivity contribution in [2.24, 2.45) is 0 Å². The van der Waals surface area contributed by atoms with Gasteiger partial charge in [-0.15, -0.1) is 0 Å². The molecule has 0 aliphatic carbocycles. The largest absolute Gasteiger partial charge is 0.508 e. The summed E-state index contributed by atoms with van der Waals surface area (Å²) in [4.78, 5) is 12.7. The summed E-state index contributed by atoms with van der Waals surface area (Å²) in [5.74, 6) is 0.653. The Morgan fingerprint density at radius 3 is 2.95 bits per heavy atom. The predicted molar refractivity (Wildman–Crippen MR) is 78.1 cm³/mol. The van der Waals surface area contributed by atoms with E-state index in [0.29, 0.717) is 22.3 Å². The maximum absolute atomic E-state index is 12.7. The molecule has 0 aliphatic heterocycles. The lowest BCUT2D eigenvalue weighted by atomic mass is 10.1. The number of hydrogen-bond donors (Lipinski definition) is 1. The number of benzene rings is 1. The molecule has 102 valence electrons. The topological polar surface area (TPSA) is 54.3 Å². The Balaban J connectivity index is 2.37. The Labute approximate surface area is 119 Å². The Hall–Kier alpha value is -2.14. The first-order chi connectivity index (χ1) is 9.61. The van der Waals surface area contributed by atoms with Gasteiger partial charge in [-0.05, 0) is 26.0 Å². The summed E-state index contributed by atoms with van der Waals surface area (Å²) < 4.78 is 7.73. The van der Waals surface area contributed by atoms with Crippen molar-refractivity contribution in [2.75, 3.05) is 0 Å². The third kappa shape index (κ3) is 1.91. The molecule has 0 bridgehead atoms. The highest BCUT2D eigenvalue weighted by atomic mass is 32.1. The first-order valence-corrected chi connectivity index (χ1v) is 7.28. The number of fused-ring (bicyclic) bond motifs is 1. The van der Waals surface area contributed by atoms with E-state index in [2.05, 4.69) is 0 Å². The summed E-state index contributed by atoms with van der Waals surface area (Å²) in [7, 11) is 0. The molecular formula is C15H14NO3S+. The molecule has 0 spiro atoms. The highest BCUT2D eigenvalue weighted by Crippen LogP contribution is 2.25. The van der Waals surface area contributed by atoms with Gasteiger partial charge in [-0.2, -0.15) is 4.57 Å². The molecule has 5 heteroatoms. The minimum atomic E-state index is -0.0654. The lowest BCUT2D eigenvalue weighted by Crippen LogP contribution is -2.33. The van der Waals surface area contributed by atoms with Crippen LogP contribution >= 0.6 is 11.3 Å². The molecule has 0 aliphatic rings. The van der Waals surface area contributed by atoms with Crippen molar-refractivity contribution >= 4 is 22.3 Å². The fourth-order valence-corrected chi connectivity index (χ4v) is 3.18. The van der Waals surface area contributed by atoms with Gasteiger partial charge in [0.05, 0.1) is 10.8 Å². The lowest BCUT2D eigenvalue weighted by Gasteiger charge is -2.04. The molecule has 0 saturated heterocycles. The van der Waals surface area contributed by atoms with Crippen molar-refractivity contribution in [3.8, 4) is 17.0 Å². The molecule has 0 amide bonds. The Morgan fingerprint density at radius 2 is 2.20 bits per heavy atom. The second kappa shape index (κ2) is 4.76. The third-order valence-corrected chi connectivity index (χ3v) is 4.06. The fourth-order valence-electron chi connectivity index (χ4n) is 2.33. The van der Waals surface area contributed by atoms with E-state index in [1.54, 1.807) is 24.3 Å². The maximum atomic E-state index is 12.7. The van der Waals surface area contributed by atoms with Gasteiger partial charge in [0.15, 0.2) is 0 Å². The van der Waals surface area contributed by atoms with Gasteiger partial charge in [0.1, 0.15) is 29.2 Å². The van der Waals surface area contributed by atoms with Crippen molar-refractivity contribution in [1.29, 1.82) is 0 Å². The SMILES string of the molecule is CC[n+]1cscc1-c1c(C)oc2cc(O)ccc2c1=O. The zero-order valence-corrected chi connectivity index (χ0v) is 12.0. The monoisotopic (exact) mass is 288 g/mol. The van der Waals surface area contributed by atoms with E-state index in [1.165, 1.54) is 12.1 Å². The Bertz CT molecular complexity index is 848. The van der Waals surface area contributed by atoms with Crippen LogP contribution in [0.15, 0.2) is 38.3 Å². The number of hydrogen-bond acceptors (Lipinski definition) is 4. The maximum Gasteiger partial charge on any atom is 0.230 e. The first kappa shape index (κ1) is 12.9. The van der Waals surface area contributed by atoms with Crippen molar-refractivity contribution in [2.45, 2.75) is 20.4 Å². The second-order valence-corrected chi connectivity index (χ2v) is 5.29. The number of nitrogens with zero attached hydrogens (tertiary/aromatic N) is 1. The van der Waals surface area contributed by atoms with Gasteiger partial charge in [-0.1, -0.05) is 11.3 Å². The van der Waals surface area contributed by atoms with E-state index in [9.17, 15) is 9.90 Å². The molecule has 2 heterocycles. The van der Waals surface area contributed by atoms with Gasteiger partial charge in [0.2, 0.25) is 16.6 Å². The van der Waals surface area contributed by atoms with Crippen LogP contribution < -0.4 is 10.00 Å². The van der Waals surface area contributed by atoms with Crippen LogP contribution in [0.4, 0.5) is 0 Å². The smallest absolute Gasteiger partial charge is 0.230 e. The molecule has 4 nitrogen and oxygen atoms in total. The number of aryl methyl sites for hydroxylation is 2.